The molecule has 0 aromatic rings. The average molecular weight is 290 g/mol. The standard InChI is InChI=1S/C17H26N2O2/c1-5-13-8-9-15(16(19-10-13)11-18-7-3)17(21)14(6-2)12(4)20/h6,10,13,18H,5,7-9,11H2,1-4H3. The van der Waals surface area contributed by atoms with Crippen LogP contribution < -0.4 is 5.32 Å². The molecule has 1 atom stereocenters. The molecule has 0 radical (unpaired) electrons. The highest BCUT2D eigenvalue weighted by atomic mass is 16.1. The Balaban J connectivity index is 3.12. The number of rotatable bonds is 7. The Bertz CT molecular complexity index is 487. The summed E-state index contributed by atoms with van der Waals surface area (Å²) in [6, 6.07) is 0. The quantitative estimate of drug-likeness (QED) is 0.445. The first-order valence-electron chi connectivity index (χ1n) is 7.73. The van der Waals surface area contributed by atoms with Gasteiger partial charge in [0.2, 0.25) is 0 Å². The van der Waals surface area contributed by atoms with Gasteiger partial charge in [0, 0.05) is 18.3 Å². The molecule has 0 saturated carbocycles. The van der Waals surface area contributed by atoms with Crippen LogP contribution in [0.1, 0.15) is 47.0 Å². The fourth-order valence-corrected chi connectivity index (χ4v) is 2.43. The molecule has 0 aliphatic carbocycles. The summed E-state index contributed by atoms with van der Waals surface area (Å²) in [5.41, 5.74) is 1.73. The summed E-state index contributed by atoms with van der Waals surface area (Å²) in [4.78, 5) is 28.8. The lowest BCUT2D eigenvalue weighted by molar-refractivity contribution is -0.118. The van der Waals surface area contributed by atoms with E-state index in [-0.39, 0.29) is 17.1 Å². The van der Waals surface area contributed by atoms with Crippen molar-refractivity contribution in [2.75, 3.05) is 13.1 Å². The van der Waals surface area contributed by atoms with Gasteiger partial charge in [0.15, 0.2) is 11.6 Å². The van der Waals surface area contributed by atoms with Crippen LogP contribution in [0.2, 0.25) is 0 Å². The molecular formula is C17H26N2O2. The summed E-state index contributed by atoms with van der Waals surface area (Å²) in [6.07, 6.45) is 6.17. The lowest BCUT2D eigenvalue weighted by Gasteiger charge is -2.11. The minimum atomic E-state index is -0.182. The smallest absolute Gasteiger partial charge is 0.194 e. The minimum Gasteiger partial charge on any atom is -0.311 e. The van der Waals surface area contributed by atoms with E-state index in [2.05, 4.69) is 17.2 Å². The van der Waals surface area contributed by atoms with Gasteiger partial charge < -0.3 is 5.32 Å². The highest BCUT2D eigenvalue weighted by Gasteiger charge is 2.23. The van der Waals surface area contributed by atoms with Gasteiger partial charge in [0.05, 0.1) is 11.3 Å². The summed E-state index contributed by atoms with van der Waals surface area (Å²) >= 11 is 0. The number of Topliss-reactive ketones (excluding diaryl/α,β-unsaturated/α-hetero) is 2. The van der Waals surface area contributed by atoms with Crippen LogP contribution in [0.3, 0.4) is 0 Å². The Labute approximate surface area is 127 Å². The maximum absolute atomic E-state index is 12.6. The summed E-state index contributed by atoms with van der Waals surface area (Å²) in [5.74, 6) is 0.0585. The maximum Gasteiger partial charge on any atom is 0.194 e. The van der Waals surface area contributed by atoms with Crippen molar-refractivity contribution in [2.45, 2.75) is 47.0 Å². The van der Waals surface area contributed by atoms with E-state index in [9.17, 15) is 9.59 Å². The largest absolute Gasteiger partial charge is 0.311 e. The van der Waals surface area contributed by atoms with E-state index in [1.54, 1.807) is 13.0 Å². The van der Waals surface area contributed by atoms with Crippen molar-refractivity contribution < 1.29 is 9.59 Å². The number of likely N-dealkylation sites (N-methyl/N-ethyl adjacent to an activating group) is 1. The van der Waals surface area contributed by atoms with E-state index in [0.29, 0.717) is 24.5 Å². The lowest BCUT2D eigenvalue weighted by Crippen LogP contribution is -2.20. The SMILES string of the molecule is CC=C(C(C)=O)C(=O)C1=C(CNCC)N=CC(CC)CC1. The Kier molecular flexibility index (Phi) is 7.23. The van der Waals surface area contributed by atoms with E-state index < -0.39 is 0 Å². The fourth-order valence-electron chi connectivity index (χ4n) is 2.43. The molecule has 1 aliphatic heterocycles. The number of aliphatic imine (C=N–C) groups is 1. The number of hydrogen-bond acceptors (Lipinski definition) is 4. The van der Waals surface area contributed by atoms with E-state index in [1.165, 1.54) is 6.92 Å². The van der Waals surface area contributed by atoms with Crippen molar-refractivity contribution in [1.82, 2.24) is 5.32 Å². The van der Waals surface area contributed by atoms with Crippen molar-refractivity contribution in [3.63, 3.8) is 0 Å². The third-order valence-corrected chi connectivity index (χ3v) is 3.81. The second-order valence-corrected chi connectivity index (χ2v) is 5.28. The number of hydrogen-bond donors (Lipinski definition) is 1. The Hall–Kier alpha value is -1.55. The normalized spacial score (nSPS) is 19.6. The van der Waals surface area contributed by atoms with Crippen molar-refractivity contribution in [3.8, 4) is 0 Å². The predicted octanol–water partition coefficient (Wildman–Crippen LogP) is 2.85. The van der Waals surface area contributed by atoms with Gasteiger partial charge in [0.25, 0.3) is 0 Å². The van der Waals surface area contributed by atoms with E-state index in [4.69, 9.17) is 0 Å². The summed E-state index contributed by atoms with van der Waals surface area (Å²) in [5, 5.41) is 3.22. The van der Waals surface area contributed by atoms with Crippen LogP contribution in [0.25, 0.3) is 0 Å². The van der Waals surface area contributed by atoms with E-state index in [1.807, 2.05) is 13.1 Å². The molecular weight excluding hydrogens is 264 g/mol. The first-order chi connectivity index (χ1) is 10.0. The van der Waals surface area contributed by atoms with Crippen LogP contribution in [-0.4, -0.2) is 30.9 Å². The average Bonchev–Trinajstić information content (AvgIpc) is 2.67. The zero-order chi connectivity index (χ0) is 15.8. The van der Waals surface area contributed by atoms with Gasteiger partial charge in [-0.15, -0.1) is 0 Å². The molecule has 0 aromatic carbocycles. The molecule has 21 heavy (non-hydrogen) atoms. The highest BCUT2D eigenvalue weighted by molar-refractivity contribution is 6.25. The Morgan fingerprint density at radius 3 is 2.67 bits per heavy atom. The monoisotopic (exact) mass is 290 g/mol. The molecule has 1 rings (SSSR count). The number of ketones is 2. The number of allylic oxidation sites excluding steroid dienone is 3. The van der Waals surface area contributed by atoms with Gasteiger partial charge in [-0.25, -0.2) is 0 Å². The van der Waals surface area contributed by atoms with Gasteiger partial charge >= 0.3 is 0 Å². The Morgan fingerprint density at radius 1 is 1.43 bits per heavy atom. The zero-order valence-corrected chi connectivity index (χ0v) is 13.5. The minimum absolute atomic E-state index is 0.160. The third-order valence-electron chi connectivity index (χ3n) is 3.81. The first kappa shape index (κ1) is 17.5. The van der Waals surface area contributed by atoms with Crippen LogP contribution in [0, 0.1) is 5.92 Å². The molecule has 0 spiro atoms. The number of nitrogens with zero attached hydrogens (tertiary/aromatic N) is 1. The van der Waals surface area contributed by atoms with Gasteiger partial charge in [0.1, 0.15) is 0 Å². The molecule has 0 bridgehead atoms. The molecule has 1 heterocycles. The van der Waals surface area contributed by atoms with Crippen LogP contribution >= 0.6 is 0 Å². The second kappa shape index (κ2) is 8.67. The third kappa shape index (κ3) is 4.74. The summed E-state index contributed by atoms with van der Waals surface area (Å²) in [7, 11) is 0. The van der Waals surface area contributed by atoms with Crippen LogP contribution in [0.15, 0.2) is 27.9 Å². The van der Waals surface area contributed by atoms with Crippen LogP contribution in [-0.2, 0) is 9.59 Å². The van der Waals surface area contributed by atoms with Gasteiger partial charge in [-0.1, -0.05) is 19.9 Å². The molecule has 0 saturated heterocycles. The number of nitrogens with one attached hydrogen (secondary N) is 1. The molecule has 0 fully saturated rings. The number of carbonyl (C=O) groups excluding carboxylic acids is 2. The topological polar surface area (TPSA) is 58.5 Å². The molecule has 0 amide bonds. The molecule has 1 unspecified atom stereocenters. The maximum atomic E-state index is 12.6. The fraction of sp³-hybridized carbons (Fsp3) is 0.588. The van der Waals surface area contributed by atoms with Gasteiger partial charge in [-0.05, 0) is 45.6 Å². The Morgan fingerprint density at radius 2 is 2.14 bits per heavy atom. The predicted molar refractivity (Wildman–Crippen MR) is 86.5 cm³/mol. The van der Waals surface area contributed by atoms with E-state index >= 15 is 0 Å². The van der Waals surface area contributed by atoms with Gasteiger partial charge in [-0.3, -0.25) is 14.6 Å². The van der Waals surface area contributed by atoms with E-state index in [0.717, 1.165) is 25.1 Å². The van der Waals surface area contributed by atoms with Crippen LogP contribution in [0.4, 0.5) is 0 Å². The molecule has 0 aromatic heterocycles. The van der Waals surface area contributed by atoms with Gasteiger partial charge in [-0.2, -0.15) is 0 Å². The van der Waals surface area contributed by atoms with Crippen molar-refractivity contribution in [2.24, 2.45) is 10.9 Å². The molecule has 4 nitrogen and oxygen atoms in total. The second-order valence-electron chi connectivity index (χ2n) is 5.28. The first-order valence-corrected chi connectivity index (χ1v) is 7.73. The molecule has 1 aliphatic rings. The highest BCUT2D eigenvalue weighted by Crippen LogP contribution is 2.24. The molecule has 1 N–H and O–H groups in total. The van der Waals surface area contributed by atoms with Crippen molar-refractivity contribution >= 4 is 17.8 Å². The van der Waals surface area contributed by atoms with Crippen molar-refractivity contribution in [3.05, 3.63) is 22.9 Å². The van der Waals surface area contributed by atoms with Crippen LogP contribution in [0.5, 0.6) is 0 Å². The van der Waals surface area contributed by atoms with Crippen molar-refractivity contribution in [1.29, 1.82) is 0 Å². The summed E-state index contributed by atoms with van der Waals surface area (Å²) < 4.78 is 0. The summed E-state index contributed by atoms with van der Waals surface area (Å²) in [6.45, 7) is 8.70. The zero-order valence-electron chi connectivity index (χ0n) is 13.5. The lowest BCUT2D eigenvalue weighted by atomic mass is 9.92. The number of carbonyl (C=O) groups is 2. The molecule has 116 valence electrons. The molecule has 4 heteroatoms.